The quantitative estimate of drug-likeness (QED) is 0.869. The molecule has 0 bridgehead atoms. The van der Waals surface area contributed by atoms with Gasteiger partial charge in [-0.15, -0.1) is 0 Å². The Morgan fingerprint density at radius 1 is 1.28 bits per heavy atom. The van der Waals surface area contributed by atoms with Crippen molar-refractivity contribution in [1.82, 2.24) is 0 Å². The maximum Gasteiger partial charge on any atom is 0.248 e. The standard InChI is InChI=1S/C14H19NO3/c1-5-12(16)10(4)18-13-8(2)6-11(14(15)17)7-9(13)3/h6-7,10H,5H2,1-4H3,(H2,15,17). The van der Waals surface area contributed by atoms with Crippen LogP contribution >= 0.6 is 0 Å². The highest BCUT2D eigenvalue weighted by Gasteiger charge is 2.16. The summed E-state index contributed by atoms with van der Waals surface area (Å²) in [4.78, 5) is 22.6. The summed E-state index contributed by atoms with van der Waals surface area (Å²) in [6.45, 7) is 7.20. The van der Waals surface area contributed by atoms with Crippen LogP contribution in [0.25, 0.3) is 0 Å². The Morgan fingerprint density at radius 2 is 1.78 bits per heavy atom. The number of aryl methyl sites for hydroxylation is 2. The van der Waals surface area contributed by atoms with E-state index in [2.05, 4.69) is 0 Å². The van der Waals surface area contributed by atoms with Crippen LogP contribution in [-0.2, 0) is 4.79 Å². The van der Waals surface area contributed by atoms with Crippen molar-refractivity contribution in [3.8, 4) is 5.75 Å². The van der Waals surface area contributed by atoms with Crippen LogP contribution in [0.2, 0.25) is 0 Å². The lowest BCUT2D eigenvalue weighted by atomic mass is 10.0. The highest BCUT2D eigenvalue weighted by molar-refractivity contribution is 5.93. The monoisotopic (exact) mass is 249 g/mol. The van der Waals surface area contributed by atoms with Gasteiger partial charge in [0, 0.05) is 12.0 Å². The zero-order chi connectivity index (χ0) is 13.9. The van der Waals surface area contributed by atoms with E-state index in [0.717, 1.165) is 11.1 Å². The molecule has 1 amide bonds. The second-order valence-electron chi connectivity index (χ2n) is 4.38. The Labute approximate surface area is 107 Å². The van der Waals surface area contributed by atoms with Gasteiger partial charge in [-0.25, -0.2) is 0 Å². The molecule has 0 saturated carbocycles. The van der Waals surface area contributed by atoms with Gasteiger partial charge in [-0.05, 0) is 44.0 Å². The molecule has 1 aromatic rings. The van der Waals surface area contributed by atoms with E-state index < -0.39 is 12.0 Å². The largest absolute Gasteiger partial charge is 0.482 e. The van der Waals surface area contributed by atoms with Crippen LogP contribution in [0.1, 0.15) is 41.8 Å². The summed E-state index contributed by atoms with van der Waals surface area (Å²) in [7, 11) is 0. The third-order valence-electron chi connectivity index (χ3n) is 2.84. The fourth-order valence-electron chi connectivity index (χ4n) is 1.81. The third kappa shape index (κ3) is 3.09. The first kappa shape index (κ1) is 14.2. The van der Waals surface area contributed by atoms with Crippen LogP contribution in [0.15, 0.2) is 12.1 Å². The second-order valence-corrected chi connectivity index (χ2v) is 4.38. The fourth-order valence-corrected chi connectivity index (χ4v) is 1.81. The Hall–Kier alpha value is -1.84. The molecular weight excluding hydrogens is 230 g/mol. The Bertz CT molecular complexity index is 457. The summed E-state index contributed by atoms with van der Waals surface area (Å²) in [6.07, 6.45) is -0.0367. The van der Waals surface area contributed by atoms with Crippen molar-refractivity contribution >= 4 is 11.7 Å². The van der Waals surface area contributed by atoms with E-state index in [9.17, 15) is 9.59 Å². The van der Waals surface area contributed by atoms with E-state index in [4.69, 9.17) is 10.5 Å². The first-order valence-corrected chi connectivity index (χ1v) is 5.97. The van der Waals surface area contributed by atoms with Crippen molar-refractivity contribution < 1.29 is 14.3 Å². The molecule has 0 aliphatic rings. The van der Waals surface area contributed by atoms with Gasteiger partial charge in [0.25, 0.3) is 0 Å². The minimum atomic E-state index is -0.480. The van der Waals surface area contributed by atoms with Crippen LogP contribution in [0.5, 0.6) is 5.75 Å². The van der Waals surface area contributed by atoms with Gasteiger partial charge >= 0.3 is 0 Å². The number of primary amides is 1. The van der Waals surface area contributed by atoms with Gasteiger partial charge < -0.3 is 10.5 Å². The molecule has 18 heavy (non-hydrogen) atoms. The van der Waals surface area contributed by atoms with Crippen molar-refractivity contribution in [2.24, 2.45) is 5.73 Å². The van der Waals surface area contributed by atoms with Gasteiger partial charge in [-0.2, -0.15) is 0 Å². The molecule has 4 nitrogen and oxygen atoms in total. The number of Topliss-reactive ketones (excluding diaryl/α,β-unsaturated/α-hetero) is 1. The van der Waals surface area contributed by atoms with E-state index in [1.165, 1.54) is 0 Å². The lowest BCUT2D eigenvalue weighted by Gasteiger charge is -2.17. The molecule has 0 saturated heterocycles. The zero-order valence-electron chi connectivity index (χ0n) is 11.2. The first-order valence-electron chi connectivity index (χ1n) is 5.97. The smallest absolute Gasteiger partial charge is 0.248 e. The number of nitrogens with two attached hydrogens (primary N) is 1. The molecule has 0 aromatic heterocycles. The highest BCUT2D eigenvalue weighted by atomic mass is 16.5. The fraction of sp³-hybridized carbons (Fsp3) is 0.429. The van der Waals surface area contributed by atoms with Crippen LogP contribution in [0, 0.1) is 13.8 Å². The number of ether oxygens (including phenoxy) is 1. The molecule has 1 aromatic carbocycles. The van der Waals surface area contributed by atoms with E-state index >= 15 is 0 Å². The minimum Gasteiger partial charge on any atom is -0.482 e. The van der Waals surface area contributed by atoms with Gasteiger partial charge in [0.15, 0.2) is 11.9 Å². The van der Waals surface area contributed by atoms with Crippen molar-refractivity contribution in [2.45, 2.75) is 40.2 Å². The predicted octanol–water partition coefficient (Wildman–Crippen LogP) is 2.15. The van der Waals surface area contributed by atoms with E-state index in [-0.39, 0.29) is 5.78 Å². The minimum absolute atomic E-state index is 0.0489. The lowest BCUT2D eigenvalue weighted by molar-refractivity contribution is -0.124. The predicted molar refractivity (Wildman–Crippen MR) is 69.8 cm³/mol. The zero-order valence-corrected chi connectivity index (χ0v) is 11.2. The van der Waals surface area contributed by atoms with E-state index in [1.807, 2.05) is 13.8 Å². The summed E-state index contributed by atoms with van der Waals surface area (Å²) in [6, 6.07) is 3.35. The topological polar surface area (TPSA) is 69.4 Å². The van der Waals surface area contributed by atoms with Gasteiger partial charge in [0.2, 0.25) is 5.91 Å². The molecule has 1 atom stereocenters. The number of rotatable bonds is 5. The molecule has 98 valence electrons. The Morgan fingerprint density at radius 3 is 2.17 bits per heavy atom. The molecule has 0 radical (unpaired) electrons. The maximum absolute atomic E-state index is 11.5. The number of amides is 1. The summed E-state index contributed by atoms with van der Waals surface area (Å²) in [5.41, 5.74) is 7.30. The highest BCUT2D eigenvalue weighted by Crippen LogP contribution is 2.26. The molecule has 1 rings (SSSR count). The SMILES string of the molecule is CCC(=O)C(C)Oc1c(C)cc(C(N)=O)cc1C. The number of ketones is 1. The number of hydrogen-bond acceptors (Lipinski definition) is 3. The summed E-state index contributed by atoms with van der Waals surface area (Å²) >= 11 is 0. The van der Waals surface area contributed by atoms with Gasteiger partial charge in [0.1, 0.15) is 5.75 Å². The normalized spacial score (nSPS) is 12.0. The number of carbonyl (C=O) groups excluding carboxylic acids is 2. The molecule has 0 fully saturated rings. The summed E-state index contributed by atoms with van der Waals surface area (Å²) in [5.74, 6) is 0.229. The summed E-state index contributed by atoms with van der Waals surface area (Å²) < 4.78 is 5.66. The van der Waals surface area contributed by atoms with Gasteiger partial charge in [-0.1, -0.05) is 6.92 Å². The average molecular weight is 249 g/mol. The maximum atomic E-state index is 11.5. The third-order valence-corrected chi connectivity index (χ3v) is 2.84. The van der Waals surface area contributed by atoms with Crippen LogP contribution in [0.4, 0.5) is 0 Å². The molecule has 4 heteroatoms. The van der Waals surface area contributed by atoms with Gasteiger partial charge in [-0.3, -0.25) is 9.59 Å². The summed E-state index contributed by atoms with van der Waals surface area (Å²) in [5, 5.41) is 0. The average Bonchev–Trinajstić information content (AvgIpc) is 2.31. The van der Waals surface area contributed by atoms with Crippen LogP contribution < -0.4 is 10.5 Å². The first-order chi connectivity index (χ1) is 8.36. The Balaban J connectivity index is 3.04. The molecular formula is C14H19NO3. The van der Waals surface area contributed by atoms with E-state index in [1.54, 1.807) is 26.0 Å². The number of hydrogen-bond donors (Lipinski definition) is 1. The van der Waals surface area contributed by atoms with Crippen LogP contribution in [-0.4, -0.2) is 17.8 Å². The lowest BCUT2D eigenvalue weighted by Crippen LogP contribution is -2.23. The molecule has 0 spiro atoms. The molecule has 1 unspecified atom stereocenters. The van der Waals surface area contributed by atoms with Crippen molar-refractivity contribution in [1.29, 1.82) is 0 Å². The van der Waals surface area contributed by atoms with Crippen LogP contribution in [0.3, 0.4) is 0 Å². The van der Waals surface area contributed by atoms with E-state index in [0.29, 0.717) is 17.7 Å². The molecule has 2 N–H and O–H groups in total. The molecule has 0 aliphatic heterocycles. The van der Waals surface area contributed by atoms with Crippen molar-refractivity contribution in [2.75, 3.05) is 0 Å². The van der Waals surface area contributed by atoms with Crippen molar-refractivity contribution in [3.05, 3.63) is 28.8 Å². The second kappa shape index (κ2) is 5.67. The van der Waals surface area contributed by atoms with Gasteiger partial charge in [0.05, 0.1) is 0 Å². The Kier molecular flexibility index (Phi) is 4.48. The number of carbonyl (C=O) groups is 2. The molecule has 0 heterocycles. The van der Waals surface area contributed by atoms with Crippen molar-refractivity contribution in [3.63, 3.8) is 0 Å². The number of benzene rings is 1. The molecule has 0 aliphatic carbocycles.